The summed E-state index contributed by atoms with van der Waals surface area (Å²) in [5.41, 5.74) is 0.702. The average Bonchev–Trinajstić information content (AvgIpc) is 3.21. The predicted octanol–water partition coefficient (Wildman–Crippen LogP) is 3.71. The first kappa shape index (κ1) is 24.2. The van der Waals surface area contributed by atoms with Crippen molar-refractivity contribution in [1.82, 2.24) is 25.1 Å². The lowest BCUT2D eigenvalue weighted by atomic mass is 10.1. The predicted molar refractivity (Wildman–Crippen MR) is 108 cm³/mol. The van der Waals surface area contributed by atoms with Crippen molar-refractivity contribution in [3.63, 3.8) is 0 Å². The van der Waals surface area contributed by atoms with E-state index >= 15 is 0 Å². The van der Waals surface area contributed by atoms with Crippen LogP contribution < -0.4 is 14.8 Å². The average molecular weight is 471 g/mol. The molecule has 1 fully saturated rings. The first-order valence-corrected chi connectivity index (χ1v) is 10.00. The van der Waals surface area contributed by atoms with Gasteiger partial charge in [0.05, 0.1) is 18.8 Å². The van der Waals surface area contributed by atoms with Crippen molar-refractivity contribution in [3.8, 4) is 17.4 Å². The van der Waals surface area contributed by atoms with E-state index in [-0.39, 0.29) is 5.75 Å². The number of carboxylic acids is 1. The number of benzene rings is 1. The van der Waals surface area contributed by atoms with Crippen molar-refractivity contribution in [3.05, 3.63) is 36.5 Å². The van der Waals surface area contributed by atoms with Gasteiger partial charge >= 0.3 is 12.1 Å². The van der Waals surface area contributed by atoms with E-state index in [0.717, 1.165) is 25.9 Å². The van der Waals surface area contributed by atoms with E-state index in [2.05, 4.69) is 20.4 Å². The van der Waals surface area contributed by atoms with Gasteiger partial charge in [0.2, 0.25) is 5.88 Å². The van der Waals surface area contributed by atoms with E-state index in [0.29, 0.717) is 35.3 Å². The van der Waals surface area contributed by atoms with Gasteiger partial charge < -0.3 is 19.9 Å². The molecular formula is C20H21F4N5O4. The number of rotatable bonds is 5. The fourth-order valence-electron chi connectivity index (χ4n) is 3.17. The zero-order chi connectivity index (χ0) is 24.0. The Bertz CT molecular complexity index is 1100. The standard InChI is InChI=1S/C18H20FN5O2.C2HF3O2/c1-2-25-13-3-4-16(15(19)9-13)26-18-14-10-23-24(17(14)21-11-22-18)12-5-7-20-8-6-12;3-2(4,5)1(6)7/h3-4,9-12,20H,2,5-8H2,1H3;(H,6,7). The van der Waals surface area contributed by atoms with E-state index < -0.39 is 18.0 Å². The SMILES string of the molecule is CCOc1ccc(Oc2ncnc3c2cnn3C2CCNCC2)c(F)c1.O=C(O)C(F)(F)F. The summed E-state index contributed by atoms with van der Waals surface area (Å²) in [5.74, 6) is -2.42. The van der Waals surface area contributed by atoms with Crippen LogP contribution in [0, 0.1) is 5.82 Å². The molecule has 0 saturated carbocycles. The third-order valence-corrected chi connectivity index (χ3v) is 4.67. The number of hydrogen-bond acceptors (Lipinski definition) is 7. The monoisotopic (exact) mass is 471 g/mol. The largest absolute Gasteiger partial charge is 0.494 e. The van der Waals surface area contributed by atoms with Crippen LogP contribution in [-0.2, 0) is 4.79 Å². The van der Waals surface area contributed by atoms with Gasteiger partial charge in [0.1, 0.15) is 17.5 Å². The van der Waals surface area contributed by atoms with E-state index in [1.165, 1.54) is 18.5 Å². The van der Waals surface area contributed by atoms with Gasteiger partial charge in [-0.2, -0.15) is 18.3 Å². The van der Waals surface area contributed by atoms with Crippen LogP contribution in [0.4, 0.5) is 17.6 Å². The molecule has 1 saturated heterocycles. The van der Waals surface area contributed by atoms with E-state index in [1.54, 1.807) is 12.3 Å². The second-order valence-electron chi connectivity index (χ2n) is 6.92. The van der Waals surface area contributed by atoms with Crippen LogP contribution in [0.15, 0.2) is 30.7 Å². The molecule has 0 aliphatic carbocycles. The molecule has 9 nitrogen and oxygen atoms in total. The molecule has 3 aromatic rings. The third-order valence-electron chi connectivity index (χ3n) is 4.67. The van der Waals surface area contributed by atoms with E-state index in [9.17, 15) is 17.6 Å². The van der Waals surface area contributed by atoms with Gasteiger partial charge in [-0.25, -0.2) is 23.8 Å². The molecule has 33 heavy (non-hydrogen) atoms. The molecule has 0 radical (unpaired) electrons. The fourth-order valence-corrected chi connectivity index (χ4v) is 3.17. The van der Waals surface area contributed by atoms with Crippen LogP contribution >= 0.6 is 0 Å². The summed E-state index contributed by atoms with van der Waals surface area (Å²) in [6.07, 6.45) is -0.00244. The number of hydrogen-bond donors (Lipinski definition) is 2. The topological polar surface area (TPSA) is 111 Å². The molecule has 0 spiro atoms. The lowest BCUT2D eigenvalue weighted by Crippen LogP contribution is -2.29. The zero-order valence-corrected chi connectivity index (χ0v) is 17.5. The number of nitrogens with zero attached hydrogens (tertiary/aromatic N) is 4. The number of carboxylic acid groups (broad SMARTS) is 1. The molecule has 0 atom stereocenters. The Labute approximate surface area is 185 Å². The molecular weight excluding hydrogens is 450 g/mol. The molecule has 0 unspecified atom stereocenters. The van der Waals surface area contributed by atoms with Gasteiger partial charge in [0.15, 0.2) is 17.2 Å². The molecule has 4 rings (SSSR count). The normalized spacial score (nSPS) is 14.5. The van der Waals surface area contributed by atoms with Crippen LogP contribution in [0.3, 0.4) is 0 Å². The van der Waals surface area contributed by atoms with Crippen molar-refractivity contribution in [1.29, 1.82) is 0 Å². The van der Waals surface area contributed by atoms with Crippen LogP contribution in [0.2, 0.25) is 0 Å². The molecule has 0 amide bonds. The Kier molecular flexibility index (Phi) is 7.63. The molecule has 3 heterocycles. The first-order chi connectivity index (χ1) is 15.7. The van der Waals surface area contributed by atoms with E-state index in [4.69, 9.17) is 19.4 Å². The molecule has 2 N–H and O–H groups in total. The summed E-state index contributed by atoms with van der Waals surface area (Å²) in [7, 11) is 0. The molecule has 178 valence electrons. The summed E-state index contributed by atoms with van der Waals surface area (Å²) in [4.78, 5) is 17.4. The minimum absolute atomic E-state index is 0.0862. The maximum Gasteiger partial charge on any atom is 0.490 e. The number of ether oxygens (including phenoxy) is 2. The highest BCUT2D eigenvalue weighted by Crippen LogP contribution is 2.31. The second-order valence-corrected chi connectivity index (χ2v) is 6.92. The maximum absolute atomic E-state index is 14.3. The minimum Gasteiger partial charge on any atom is -0.494 e. The number of fused-ring (bicyclic) bond motifs is 1. The number of nitrogens with one attached hydrogen (secondary N) is 1. The van der Waals surface area contributed by atoms with Gasteiger partial charge in [-0.05, 0) is 45.0 Å². The van der Waals surface area contributed by atoms with Gasteiger partial charge in [-0.15, -0.1) is 0 Å². The van der Waals surface area contributed by atoms with Crippen molar-refractivity contribution in [2.75, 3.05) is 19.7 Å². The smallest absolute Gasteiger partial charge is 0.490 e. The Hall–Kier alpha value is -3.48. The summed E-state index contributed by atoms with van der Waals surface area (Å²) in [5, 5.41) is 15.6. The van der Waals surface area contributed by atoms with Crippen LogP contribution in [-0.4, -0.2) is 56.7 Å². The number of aliphatic carboxylic acids is 1. The first-order valence-electron chi connectivity index (χ1n) is 10.00. The highest BCUT2D eigenvalue weighted by atomic mass is 19.4. The lowest BCUT2D eigenvalue weighted by Gasteiger charge is -2.23. The van der Waals surface area contributed by atoms with Gasteiger partial charge in [0.25, 0.3) is 0 Å². The molecule has 0 bridgehead atoms. The summed E-state index contributed by atoms with van der Waals surface area (Å²) in [6, 6.07) is 4.79. The molecule has 13 heteroatoms. The van der Waals surface area contributed by atoms with Gasteiger partial charge in [-0.3, -0.25) is 0 Å². The van der Waals surface area contributed by atoms with Gasteiger partial charge in [-0.1, -0.05) is 0 Å². The van der Waals surface area contributed by atoms with Crippen molar-refractivity contribution in [2.24, 2.45) is 0 Å². The molecule has 2 aromatic heterocycles. The van der Waals surface area contributed by atoms with Crippen LogP contribution in [0.1, 0.15) is 25.8 Å². The quantitative estimate of drug-likeness (QED) is 0.542. The summed E-state index contributed by atoms with van der Waals surface area (Å²) in [6.45, 7) is 4.23. The van der Waals surface area contributed by atoms with Crippen molar-refractivity contribution >= 4 is 17.0 Å². The second kappa shape index (κ2) is 10.4. The number of aromatic nitrogens is 4. The van der Waals surface area contributed by atoms with Gasteiger partial charge in [0, 0.05) is 6.07 Å². The van der Waals surface area contributed by atoms with Crippen molar-refractivity contribution < 1.29 is 36.9 Å². The Balaban J connectivity index is 0.000000383. The Morgan fingerprint density at radius 2 is 1.97 bits per heavy atom. The summed E-state index contributed by atoms with van der Waals surface area (Å²) >= 11 is 0. The number of piperidine rings is 1. The van der Waals surface area contributed by atoms with E-state index in [1.807, 2.05) is 11.6 Å². The van der Waals surface area contributed by atoms with Crippen LogP contribution in [0.5, 0.6) is 17.4 Å². The van der Waals surface area contributed by atoms with Crippen molar-refractivity contribution in [2.45, 2.75) is 32.0 Å². The highest BCUT2D eigenvalue weighted by molar-refractivity contribution is 5.80. The molecule has 1 aliphatic rings. The zero-order valence-electron chi connectivity index (χ0n) is 17.5. The Morgan fingerprint density at radius 1 is 1.27 bits per heavy atom. The highest BCUT2D eigenvalue weighted by Gasteiger charge is 2.38. The number of carbonyl (C=O) groups is 1. The fraction of sp³-hybridized carbons (Fsp3) is 0.400. The lowest BCUT2D eigenvalue weighted by molar-refractivity contribution is -0.192. The summed E-state index contributed by atoms with van der Waals surface area (Å²) < 4.78 is 58.9. The Morgan fingerprint density at radius 3 is 2.58 bits per heavy atom. The van der Waals surface area contributed by atoms with Crippen LogP contribution in [0.25, 0.3) is 11.0 Å². The molecule has 1 aliphatic heterocycles. The number of alkyl halides is 3. The minimum atomic E-state index is -5.08. The molecule has 1 aromatic carbocycles. The number of halogens is 4. The third kappa shape index (κ3) is 6.06. The maximum atomic E-state index is 14.3.